The number of ether oxygens (including phenoxy) is 1. The lowest BCUT2D eigenvalue weighted by Gasteiger charge is -2.34. The molecule has 1 aromatic rings. The Balaban J connectivity index is 2.15. The first-order chi connectivity index (χ1) is 9.95. The molecule has 0 atom stereocenters. The normalized spacial score (nSPS) is 15.0. The number of hydrogen-bond donors (Lipinski definition) is 0. The van der Waals surface area contributed by atoms with Gasteiger partial charge in [0, 0.05) is 38.7 Å². The van der Waals surface area contributed by atoms with E-state index in [9.17, 15) is 9.59 Å². The molecular formula is C16H22N2O3. The van der Waals surface area contributed by atoms with E-state index < -0.39 is 0 Å². The number of piperazine rings is 1. The molecule has 0 bridgehead atoms. The zero-order valence-corrected chi connectivity index (χ0v) is 13.1. The van der Waals surface area contributed by atoms with Crippen molar-refractivity contribution >= 4 is 11.8 Å². The molecular weight excluding hydrogens is 268 g/mol. The molecule has 0 N–H and O–H groups in total. The summed E-state index contributed by atoms with van der Waals surface area (Å²) in [6, 6.07) is 3.65. The van der Waals surface area contributed by atoms with Crippen molar-refractivity contribution in [3.63, 3.8) is 0 Å². The van der Waals surface area contributed by atoms with Crippen LogP contribution in [-0.4, -0.2) is 54.9 Å². The molecule has 114 valence electrons. The minimum absolute atomic E-state index is 0.0291. The predicted octanol–water partition coefficient (Wildman–Crippen LogP) is 1.62. The van der Waals surface area contributed by atoms with Gasteiger partial charge in [0.1, 0.15) is 5.75 Å². The Morgan fingerprint density at radius 2 is 1.57 bits per heavy atom. The van der Waals surface area contributed by atoms with Crippen molar-refractivity contribution in [3.05, 3.63) is 28.8 Å². The lowest BCUT2D eigenvalue weighted by molar-refractivity contribution is -0.130. The number of benzene rings is 1. The zero-order chi connectivity index (χ0) is 15.6. The summed E-state index contributed by atoms with van der Waals surface area (Å²) in [6.45, 7) is 7.85. The molecule has 0 radical (unpaired) electrons. The van der Waals surface area contributed by atoms with E-state index in [1.54, 1.807) is 18.9 Å². The minimum Gasteiger partial charge on any atom is -0.496 e. The van der Waals surface area contributed by atoms with Crippen LogP contribution in [0.5, 0.6) is 5.75 Å². The highest BCUT2D eigenvalue weighted by Gasteiger charge is 2.24. The van der Waals surface area contributed by atoms with Crippen LogP contribution in [0.25, 0.3) is 0 Å². The van der Waals surface area contributed by atoms with Crippen molar-refractivity contribution in [2.45, 2.75) is 20.8 Å². The van der Waals surface area contributed by atoms with Gasteiger partial charge in [0.15, 0.2) is 0 Å². The van der Waals surface area contributed by atoms with Crippen molar-refractivity contribution in [3.8, 4) is 5.75 Å². The molecule has 1 aromatic carbocycles. The number of rotatable bonds is 2. The second-order valence-corrected chi connectivity index (χ2v) is 5.36. The highest BCUT2D eigenvalue weighted by Crippen LogP contribution is 2.25. The first kappa shape index (κ1) is 15.4. The number of amides is 2. The van der Waals surface area contributed by atoms with Gasteiger partial charge in [-0.15, -0.1) is 0 Å². The summed E-state index contributed by atoms with van der Waals surface area (Å²) < 4.78 is 5.28. The fourth-order valence-electron chi connectivity index (χ4n) is 2.64. The Kier molecular flexibility index (Phi) is 4.50. The maximum Gasteiger partial charge on any atom is 0.254 e. The van der Waals surface area contributed by atoms with E-state index in [2.05, 4.69) is 0 Å². The first-order valence-corrected chi connectivity index (χ1v) is 7.14. The molecule has 0 aliphatic carbocycles. The van der Waals surface area contributed by atoms with Crippen LogP contribution in [0.3, 0.4) is 0 Å². The van der Waals surface area contributed by atoms with Gasteiger partial charge in [0.05, 0.1) is 7.11 Å². The van der Waals surface area contributed by atoms with Crippen molar-refractivity contribution in [2.75, 3.05) is 33.3 Å². The average molecular weight is 290 g/mol. The molecule has 5 heteroatoms. The summed E-state index contributed by atoms with van der Waals surface area (Å²) in [5, 5.41) is 0. The van der Waals surface area contributed by atoms with Gasteiger partial charge >= 0.3 is 0 Å². The highest BCUT2D eigenvalue weighted by molar-refractivity contribution is 5.96. The van der Waals surface area contributed by atoms with Gasteiger partial charge in [-0.3, -0.25) is 9.59 Å². The fraction of sp³-hybridized carbons (Fsp3) is 0.500. The number of carbonyl (C=O) groups is 2. The molecule has 0 saturated carbocycles. The van der Waals surface area contributed by atoms with E-state index in [0.29, 0.717) is 31.7 Å². The molecule has 1 heterocycles. The molecule has 1 fully saturated rings. The lowest BCUT2D eigenvalue weighted by Crippen LogP contribution is -2.50. The Hall–Kier alpha value is -2.04. The predicted molar refractivity (Wildman–Crippen MR) is 80.6 cm³/mol. The minimum atomic E-state index is 0.0291. The van der Waals surface area contributed by atoms with E-state index in [1.807, 2.05) is 30.9 Å². The topological polar surface area (TPSA) is 49.9 Å². The van der Waals surface area contributed by atoms with Gasteiger partial charge in [-0.05, 0) is 37.1 Å². The van der Waals surface area contributed by atoms with Crippen molar-refractivity contribution in [1.82, 2.24) is 9.80 Å². The molecule has 2 rings (SSSR count). The van der Waals surface area contributed by atoms with Gasteiger partial charge in [0.25, 0.3) is 5.91 Å². The Labute approximate surface area is 125 Å². The number of carbonyl (C=O) groups excluding carboxylic acids is 2. The first-order valence-electron chi connectivity index (χ1n) is 7.14. The summed E-state index contributed by atoms with van der Waals surface area (Å²) in [5.74, 6) is 0.894. The standard InChI is InChI=1S/C16H22N2O3/c1-11-12(2)15(21-4)6-5-14(11)16(20)18-9-7-17(8-10-18)13(3)19/h5-6H,7-10H2,1-4H3. The van der Waals surface area contributed by atoms with Gasteiger partial charge in [-0.25, -0.2) is 0 Å². The van der Waals surface area contributed by atoms with Crippen LogP contribution in [0.4, 0.5) is 0 Å². The quantitative estimate of drug-likeness (QED) is 0.831. The third-order valence-corrected chi connectivity index (χ3v) is 4.20. The summed E-state index contributed by atoms with van der Waals surface area (Å²) in [6.07, 6.45) is 0. The molecule has 1 aliphatic heterocycles. The van der Waals surface area contributed by atoms with E-state index in [4.69, 9.17) is 4.74 Å². The molecule has 1 aliphatic rings. The molecule has 2 amide bonds. The van der Waals surface area contributed by atoms with Crippen molar-refractivity contribution in [2.24, 2.45) is 0 Å². The van der Waals surface area contributed by atoms with Gasteiger partial charge in [-0.1, -0.05) is 0 Å². The molecule has 5 nitrogen and oxygen atoms in total. The SMILES string of the molecule is COc1ccc(C(=O)N2CCN(C(C)=O)CC2)c(C)c1C. The maximum absolute atomic E-state index is 12.6. The molecule has 21 heavy (non-hydrogen) atoms. The monoisotopic (exact) mass is 290 g/mol. The Bertz CT molecular complexity index is 561. The van der Waals surface area contributed by atoms with Gasteiger partial charge < -0.3 is 14.5 Å². The van der Waals surface area contributed by atoms with Crippen LogP contribution in [0.2, 0.25) is 0 Å². The Morgan fingerprint density at radius 1 is 1.00 bits per heavy atom. The summed E-state index contributed by atoms with van der Waals surface area (Å²) in [5.41, 5.74) is 2.66. The smallest absolute Gasteiger partial charge is 0.254 e. The van der Waals surface area contributed by atoms with E-state index >= 15 is 0 Å². The molecule has 0 unspecified atom stereocenters. The molecule has 0 spiro atoms. The van der Waals surface area contributed by atoms with E-state index in [0.717, 1.165) is 16.9 Å². The number of hydrogen-bond acceptors (Lipinski definition) is 3. The highest BCUT2D eigenvalue weighted by atomic mass is 16.5. The molecule has 1 saturated heterocycles. The fourth-order valence-corrected chi connectivity index (χ4v) is 2.64. The van der Waals surface area contributed by atoms with Crippen molar-refractivity contribution in [1.29, 1.82) is 0 Å². The van der Waals surface area contributed by atoms with Crippen LogP contribution >= 0.6 is 0 Å². The second-order valence-electron chi connectivity index (χ2n) is 5.36. The van der Waals surface area contributed by atoms with Crippen LogP contribution < -0.4 is 4.74 Å². The van der Waals surface area contributed by atoms with Crippen LogP contribution in [0, 0.1) is 13.8 Å². The van der Waals surface area contributed by atoms with Gasteiger partial charge in [-0.2, -0.15) is 0 Å². The molecule has 0 aromatic heterocycles. The third-order valence-electron chi connectivity index (χ3n) is 4.20. The lowest BCUT2D eigenvalue weighted by atomic mass is 10.0. The zero-order valence-electron chi connectivity index (χ0n) is 13.1. The summed E-state index contributed by atoms with van der Waals surface area (Å²) in [7, 11) is 1.63. The average Bonchev–Trinajstić information content (AvgIpc) is 2.49. The van der Waals surface area contributed by atoms with E-state index in [-0.39, 0.29) is 11.8 Å². The summed E-state index contributed by atoms with van der Waals surface area (Å²) >= 11 is 0. The van der Waals surface area contributed by atoms with Crippen LogP contribution in [-0.2, 0) is 4.79 Å². The van der Waals surface area contributed by atoms with E-state index in [1.165, 1.54) is 0 Å². The van der Waals surface area contributed by atoms with Crippen LogP contribution in [0.15, 0.2) is 12.1 Å². The number of nitrogens with zero attached hydrogens (tertiary/aromatic N) is 2. The third kappa shape index (κ3) is 3.01. The second kappa shape index (κ2) is 6.16. The number of methoxy groups -OCH3 is 1. The van der Waals surface area contributed by atoms with Crippen molar-refractivity contribution < 1.29 is 14.3 Å². The maximum atomic E-state index is 12.6. The largest absolute Gasteiger partial charge is 0.496 e. The summed E-state index contributed by atoms with van der Waals surface area (Å²) in [4.78, 5) is 27.5. The van der Waals surface area contributed by atoms with Gasteiger partial charge in [0.2, 0.25) is 5.91 Å². The van der Waals surface area contributed by atoms with Crippen LogP contribution in [0.1, 0.15) is 28.4 Å². The Morgan fingerprint density at radius 3 is 2.10 bits per heavy atom.